The Balaban J connectivity index is 1.89. The monoisotopic (exact) mass is 323 g/mol. The van der Waals surface area contributed by atoms with E-state index in [1.807, 2.05) is 24.3 Å². The number of nitrogens with zero attached hydrogens (tertiary/aromatic N) is 1. The normalized spacial score (nSPS) is 10.5. The molecular formula is C17H17N5O2. The third-order valence-corrected chi connectivity index (χ3v) is 3.58. The van der Waals surface area contributed by atoms with Crippen molar-refractivity contribution in [2.75, 3.05) is 12.8 Å². The summed E-state index contributed by atoms with van der Waals surface area (Å²) >= 11 is 0. The van der Waals surface area contributed by atoms with Gasteiger partial charge in [-0.15, -0.1) is 0 Å². The summed E-state index contributed by atoms with van der Waals surface area (Å²) in [6.07, 6.45) is 0. The summed E-state index contributed by atoms with van der Waals surface area (Å²) in [7, 11) is 1.45. The Morgan fingerprint density at radius 2 is 1.92 bits per heavy atom. The van der Waals surface area contributed by atoms with Gasteiger partial charge in [0.2, 0.25) is 0 Å². The van der Waals surface area contributed by atoms with Gasteiger partial charge >= 0.3 is 0 Å². The summed E-state index contributed by atoms with van der Waals surface area (Å²) < 4.78 is 5.77. The lowest BCUT2D eigenvalue weighted by molar-refractivity contribution is 0.0864. The number of fused-ring (bicyclic) bond motifs is 1. The van der Waals surface area contributed by atoms with Crippen LogP contribution >= 0.6 is 0 Å². The van der Waals surface area contributed by atoms with E-state index in [-0.39, 0.29) is 11.9 Å². The van der Waals surface area contributed by atoms with E-state index >= 15 is 0 Å². The van der Waals surface area contributed by atoms with E-state index in [0.717, 1.165) is 15.8 Å². The van der Waals surface area contributed by atoms with Crippen LogP contribution in [0, 0.1) is 5.41 Å². The number of H-pyrrole nitrogens is 1. The number of nitrogens with one attached hydrogen (secondary N) is 2. The molecule has 0 atom stereocenters. The van der Waals surface area contributed by atoms with E-state index in [1.165, 1.54) is 7.05 Å². The number of nitrogens with two attached hydrogens (primary N) is 2. The van der Waals surface area contributed by atoms with Gasteiger partial charge in [0.05, 0.1) is 0 Å². The zero-order valence-electron chi connectivity index (χ0n) is 13.0. The molecule has 1 amide bonds. The first-order chi connectivity index (χ1) is 11.4. The Hall–Kier alpha value is -3.48. The summed E-state index contributed by atoms with van der Waals surface area (Å²) in [4.78, 5) is 16.3. The van der Waals surface area contributed by atoms with Crippen LogP contribution in [0.5, 0.6) is 11.5 Å². The quantitative estimate of drug-likeness (QED) is 0.336. The zero-order valence-corrected chi connectivity index (χ0v) is 13.0. The van der Waals surface area contributed by atoms with Gasteiger partial charge < -0.3 is 21.2 Å². The molecule has 0 unspecified atom stereocenters. The number of aromatic nitrogens is 1. The molecule has 24 heavy (non-hydrogen) atoms. The molecule has 0 saturated heterocycles. The molecule has 0 aliphatic rings. The lowest BCUT2D eigenvalue weighted by Crippen LogP contribution is -2.38. The zero-order chi connectivity index (χ0) is 17.3. The van der Waals surface area contributed by atoms with Gasteiger partial charge in [-0.2, -0.15) is 0 Å². The third-order valence-electron chi connectivity index (χ3n) is 3.58. The van der Waals surface area contributed by atoms with Crippen LogP contribution in [0.1, 0.15) is 10.5 Å². The summed E-state index contributed by atoms with van der Waals surface area (Å²) in [5.74, 6) is 0.559. The molecule has 0 spiro atoms. The second-order valence-electron chi connectivity index (χ2n) is 5.36. The molecule has 0 radical (unpaired) electrons. The third kappa shape index (κ3) is 3.00. The fraction of sp³-hybridized carbons (Fsp3) is 0.0588. The number of rotatable bonds is 3. The molecule has 1 heterocycles. The van der Waals surface area contributed by atoms with Crippen molar-refractivity contribution < 1.29 is 9.53 Å². The van der Waals surface area contributed by atoms with Crippen molar-refractivity contribution >= 4 is 28.5 Å². The molecule has 0 fully saturated rings. The van der Waals surface area contributed by atoms with Crippen molar-refractivity contribution in [3.63, 3.8) is 0 Å². The highest BCUT2D eigenvalue weighted by molar-refractivity contribution is 6.05. The number of nitrogen functional groups attached to an aromatic ring is 1. The summed E-state index contributed by atoms with van der Waals surface area (Å²) in [5, 5.41) is 8.19. The number of aromatic amines is 1. The van der Waals surface area contributed by atoms with Gasteiger partial charge in [0.15, 0.2) is 5.96 Å². The molecule has 7 nitrogen and oxygen atoms in total. The Labute approximate surface area is 138 Å². The fourth-order valence-corrected chi connectivity index (χ4v) is 2.29. The van der Waals surface area contributed by atoms with E-state index in [2.05, 4.69) is 4.98 Å². The van der Waals surface area contributed by atoms with E-state index < -0.39 is 0 Å². The average molecular weight is 323 g/mol. The SMILES string of the molecule is CN(C(=N)N)C(=O)c1cc2ccc(Oc3cccc(N)c3)cc2[nH]1. The van der Waals surface area contributed by atoms with Gasteiger partial charge in [0.25, 0.3) is 5.91 Å². The highest BCUT2D eigenvalue weighted by Crippen LogP contribution is 2.27. The number of carbonyl (C=O) groups excluding carboxylic acids is 1. The number of hydrogen-bond donors (Lipinski definition) is 4. The van der Waals surface area contributed by atoms with Crippen LogP contribution in [0.4, 0.5) is 5.69 Å². The van der Waals surface area contributed by atoms with Crippen molar-refractivity contribution in [1.82, 2.24) is 9.88 Å². The van der Waals surface area contributed by atoms with Crippen molar-refractivity contribution in [1.29, 1.82) is 5.41 Å². The van der Waals surface area contributed by atoms with Crippen LogP contribution in [0.3, 0.4) is 0 Å². The lowest BCUT2D eigenvalue weighted by atomic mass is 10.2. The van der Waals surface area contributed by atoms with E-state index in [4.69, 9.17) is 21.6 Å². The van der Waals surface area contributed by atoms with Crippen LogP contribution in [0.15, 0.2) is 48.5 Å². The molecular weight excluding hydrogens is 306 g/mol. The molecule has 3 aromatic rings. The maximum Gasteiger partial charge on any atom is 0.276 e. The van der Waals surface area contributed by atoms with E-state index in [9.17, 15) is 4.79 Å². The van der Waals surface area contributed by atoms with Crippen molar-refractivity contribution in [3.8, 4) is 11.5 Å². The number of amides is 1. The number of benzene rings is 2. The topological polar surface area (TPSA) is 121 Å². The minimum Gasteiger partial charge on any atom is -0.457 e. The largest absolute Gasteiger partial charge is 0.457 e. The van der Waals surface area contributed by atoms with E-state index in [1.54, 1.807) is 24.3 Å². The number of hydrogen-bond acceptors (Lipinski definition) is 4. The molecule has 3 rings (SSSR count). The maximum absolute atomic E-state index is 12.2. The van der Waals surface area contributed by atoms with Crippen molar-refractivity contribution in [2.24, 2.45) is 5.73 Å². The minimum absolute atomic E-state index is 0.315. The van der Waals surface area contributed by atoms with Gasteiger partial charge in [-0.3, -0.25) is 15.1 Å². The Bertz CT molecular complexity index is 932. The molecule has 0 aliphatic carbocycles. The molecule has 7 heteroatoms. The number of ether oxygens (including phenoxy) is 1. The molecule has 2 aromatic carbocycles. The Morgan fingerprint density at radius 1 is 1.17 bits per heavy atom. The van der Waals surface area contributed by atoms with Gasteiger partial charge in [0.1, 0.15) is 17.2 Å². The summed E-state index contributed by atoms with van der Waals surface area (Å²) in [6.45, 7) is 0. The van der Waals surface area contributed by atoms with Crippen LogP contribution in [0.2, 0.25) is 0 Å². The molecule has 0 aliphatic heterocycles. The first kappa shape index (κ1) is 15.4. The smallest absolute Gasteiger partial charge is 0.276 e. The molecule has 1 aromatic heterocycles. The minimum atomic E-state index is -0.378. The van der Waals surface area contributed by atoms with Crippen LogP contribution in [0.25, 0.3) is 10.9 Å². The van der Waals surface area contributed by atoms with Crippen LogP contribution in [-0.4, -0.2) is 28.8 Å². The van der Waals surface area contributed by atoms with Crippen LogP contribution < -0.4 is 16.2 Å². The molecule has 6 N–H and O–H groups in total. The molecule has 0 bridgehead atoms. The summed E-state index contributed by atoms with van der Waals surface area (Å²) in [6, 6.07) is 14.3. The van der Waals surface area contributed by atoms with Crippen molar-refractivity contribution in [3.05, 3.63) is 54.2 Å². The average Bonchev–Trinajstić information content (AvgIpc) is 2.96. The van der Waals surface area contributed by atoms with Gasteiger partial charge in [-0.25, -0.2) is 0 Å². The first-order valence-corrected chi connectivity index (χ1v) is 7.22. The van der Waals surface area contributed by atoms with E-state index in [0.29, 0.717) is 22.9 Å². The standard InChI is InChI=1S/C17H17N5O2/c1-22(17(19)20)16(23)15-7-10-5-6-13(9-14(10)21-15)24-12-4-2-3-11(18)8-12/h2-9,21H,18H2,1H3,(H3,19,20). The predicted octanol–water partition coefficient (Wildman–Crippen LogP) is 2.51. The summed E-state index contributed by atoms with van der Waals surface area (Å²) in [5.41, 5.74) is 12.8. The predicted molar refractivity (Wildman–Crippen MR) is 93.2 cm³/mol. The van der Waals surface area contributed by atoms with Gasteiger partial charge in [-0.1, -0.05) is 6.07 Å². The first-order valence-electron chi connectivity index (χ1n) is 7.22. The molecule has 0 saturated carbocycles. The number of guanidine groups is 1. The highest BCUT2D eigenvalue weighted by atomic mass is 16.5. The van der Waals surface area contributed by atoms with Crippen LogP contribution in [-0.2, 0) is 0 Å². The van der Waals surface area contributed by atoms with Crippen molar-refractivity contribution in [2.45, 2.75) is 0 Å². The van der Waals surface area contributed by atoms with Gasteiger partial charge in [-0.05, 0) is 30.3 Å². The Kier molecular flexibility index (Phi) is 3.83. The number of carbonyl (C=O) groups is 1. The fourth-order valence-electron chi connectivity index (χ4n) is 2.29. The lowest BCUT2D eigenvalue weighted by Gasteiger charge is -2.12. The molecule has 122 valence electrons. The highest BCUT2D eigenvalue weighted by Gasteiger charge is 2.16. The second kappa shape index (κ2) is 5.96. The maximum atomic E-state index is 12.2. The number of anilines is 1. The van der Waals surface area contributed by atoms with Gasteiger partial charge in [0, 0.05) is 35.8 Å². The Morgan fingerprint density at radius 3 is 2.62 bits per heavy atom. The second-order valence-corrected chi connectivity index (χ2v) is 5.36.